The van der Waals surface area contributed by atoms with Gasteiger partial charge in [-0.3, -0.25) is 0 Å². The Morgan fingerprint density at radius 2 is 2.31 bits per heavy atom. The van der Waals surface area contributed by atoms with Gasteiger partial charge in [-0.2, -0.15) is 0 Å². The first kappa shape index (κ1) is 9.64. The number of allylic oxidation sites excluding steroid dienone is 2. The highest BCUT2D eigenvalue weighted by molar-refractivity contribution is 5.78. The molecule has 0 bridgehead atoms. The Labute approximate surface area is 77.1 Å². The van der Waals surface area contributed by atoms with Crippen molar-refractivity contribution in [2.45, 2.75) is 25.8 Å². The van der Waals surface area contributed by atoms with E-state index in [9.17, 15) is 4.79 Å². The van der Waals surface area contributed by atoms with Crippen LogP contribution in [0.15, 0.2) is 24.6 Å². The van der Waals surface area contributed by atoms with Crippen molar-refractivity contribution in [1.82, 2.24) is 5.06 Å². The molecule has 1 heterocycles. The molecular weight excluding hydrogens is 170 g/mol. The molecule has 0 aromatic heterocycles. The predicted molar refractivity (Wildman–Crippen MR) is 47.5 cm³/mol. The molecule has 0 amide bonds. The topological polar surface area (TPSA) is 49.8 Å². The van der Waals surface area contributed by atoms with Crippen LogP contribution in [0.4, 0.5) is 0 Å². The SMILES string of the molecule is CCC(C)(C(=O)O)N1C=CC=CO1. The fraction of sp³-hybridized carbons (Fsp3) is 0.444. The molecule has 0 aliphatic carbocycles. The van der Waals surface area contributed by atoms with Crippen molar-refractivity contribution >= 4 is 5.97 Å². The van der Waals surface area contributed by atoms with Crippen LogP contribution in [0.5, 0.6) is 0 Å². The normalized spacial score (nSPS) is 19.4. The third kappa shape index (κ3) is 1.66. The molecule has 4 nitrogen and oxygen atoms in total. The summed E-state index contributed by atoms with van der Waals surface area (Å²) in [6.07, 6.45) is 6.98. The third-order valence-corrected chi connectivity index (χ3v) is 2.22. The molecule has 1 unspecified atom stereocenters. The molecule has 0 aromatic rings. The largest absolute Gasteiger partial charge is 0.479 e. The van der Waals surface area contributed by atoms with Gasteiger partial charge in [-0.1, -0.05) is 6.92 Å². The lowest BCUT2D eigenvalue weighted by Gasteiger charge is -2.34. The number of hydrogen-bond donors (Lipinski definition) is 1. The lowest BCUT2D eigenvalue weighted by atomic mass is 9.99. The van der Waals surface area contributed by atoms with Crippen LogP contribution >= 0.6 is 0 Å². The lowest BCUT2D eigenvalue weighted by molar-refractivity contribution is -0.179. The van der Waals surface area contributed by atoms with Crippen LogP contribution in [-0.4, -0.2) is 21.7 Å². The zero-order valence-electron chi connectivity index (χ0n) is 7.73. The van der Waals surface area contributed by atoms with E-state index >= 15 is 0 Å². The summed E-state index contributed by atoms with van der Waals surface area (Å²) in [6.45, 7) is 3.43. The zero-order chi connectivity index (χ0) is 9.90. The van der Waals surface area contributed by atoms with Crippen LogP contribution < -0.4 is 0 Å². The molecule has 13 heavy (non-hydrogen) atoms. The van der Waals surface area contributed by atoms with E-state index in [2.05, 4.69) is 0 Å². The van der Waals surface area contributed by atoms with Crippen molar-refractivity contribution in [2.24, 2.45) is 0 Å². The number of hydroxylamine groups is 2. The average Bonchev–Trinajstić information content (AvgIpc) is 2.17. The highest BCUT2D eigenvalue weighted by Gasteiger charge is 2.38. The van der Waals surface area contributed by atoms with Gasteiger partial charge in [0.15, 0.2) is 5.54 Å². The maximum Gasteiger partial charge on any atom is 0.332 e. The van der Waals surface area contributed by atoms with Crippen LogP contribution in [0.2, 0.25) is 0 Å². The summed E-state index contributed by atoms with van der Waals surface area (Å²) in [5.41, 5.74) is -0.999. The molecule has 1 aliphatic rings. The van der Waals surface area contributed by atoms with Crippen LogP contribution in [-0.2, 0) is 9.63 Å². The number of carboxylic acids is 1. The summed E-state index contributed by atoms with van der Waals surface area (Å²) in [7, 11) is 0. The third-order valence-electron chi connectivity index (χ3n) is 2.22. The summed E-state index contributed by atoms with van der Waals surface area (Å²) < 4.78 is 0. The second-order valence-electron chi connectivity index (χ2n) is 3.03. The minimum atomic E-state index is -0.999. The van der Waals surface area contributed by atoms with E-state index in [0.29, 0.717) is 6.42 Å². The number of aliphatic carboxylic acids is 1. The highest BCUT2D eigenvalue weighted by Crippen LogP contribution is 2.22. The maximum absolute atomic E-state index is 11.0. The number of rotatable bonds is 3. The van der Waals surface area contributed by atoms with Crippen molar-refractivity contribution < 1.29 is 14.7 Å². The molecule has 0 radical (unpaired) electrons. The molecule has 1 atom stereocenters. The molecular formula is C9H13NO3. The molecule has 4 heteroatoms. The summed E-state index contributed by atoms with van der Waals surface area (Å²) in [6, 6.07) is 0. The van der Waals surface area contributed by atoms with Crippen LogP contribution in [0.25, 0.3) is 0 Å². The van der Waals surface area contributed by atoms with E-state index in [-0.39, 0.29) is 0 Å². The van der Waals surface area contributed by atoms with Crippen LogP contribution in [0, 0.1) is 0 Å². The molecule has 1 rings (SSSR count). The van der Waals surface area contributed by atoms with Gasteiger partial charge >= 0.3 is 5.97 Å². The Morgan fingerprint density at radius 1 is 1.62 bits per heavy atom. The van der Waals surface area contributed by atoms with Gasteiger partial charge in [-0.15, -0.1) is 0 Å². The van der Waals surface area contributed by atoms with Crippen molar-refractivity contribution in [2.75, 3.05) is 0 Å². The molecule has 0 spiro atoms. The summed E-state index contributed by atoms with van der Waals surface area (Å²) in [4.78, 5) is 16.1. The van der Waals surface area contributed by atoms with Crippen molar-refractivity contribution in [3.05, 3.63) is 24.6 Å². The van der Waals surface area contributed by atoms with E-state index in [0.717, 1.165) is 0 Å². The summed E-state index contributed by atoms with van der Waals surface area (Å²) in [5, 5.41) is 10.3. The van der Waals surface area contributed by atoms with Gasteiger partial charge in [0.25, 0.3) is 0 Å². The van der Waals surface area contributed by atoms with Gasteiger partial charge in [-0.05, 0) is 25.5 Å². The number of nitrogens with zero attached hydrogens (tertiary/aromatic N) is 1. The first-order chi connectivity index (χ1) is 6.11. The summed E-state index contributed by atoms with van der Waals surface area (Å²) >= 11 is 0. The van der Waals surface area contributed by atoms with Gasteiger partial charge in [0, 0.05) is 6.20 Å². The standard InChI is InChI=1S/C9H13NO3/c1-3-9(2,8(11)12)10-6-4-5-7-13-10/h4-7H,3H2,1-2H3,(H,11,12). The predicted octanol–water partition coefficient (Wildman–Crippen LogP) is 1.51. The quantitative estimate of drug-likeness (QED) is 0.720. The number of hydrogen-bond acceptors (Lipinski definition) is 3. The molecule has 0 fully saturated rings. The fourth-order valence-corrected chi connectivity index (χ4v) is 0.991. The highest BCUT2D eigenvalue weighted by atomic mass is 16.7. The zero-order valence-corrected chi connectivity index (χ0v) is 7.73. The molecule has 0 aromatic carbocycles. The second-order valence-corrected chi connectivity index (χ2v) is 3.03. The van der Waals surface area contributed by atoms with E-state index in [1.54, 1.807) is 25.3 Å². The van der Waals surface area contributed by atoms with Gasteiger partial charge in [0.1, 0.15) is 6.26 Å². The van der Waals surface area contributed by atoms with E-state index in [4.69, 9.17) is 9.94 Å². The Bertz CT molecular complexity index is 260. The number of carbonyl (C=O) groups is 1. The minimum Gasteiger partial charge on any atom is -0.479 e. The summed E-state index contributed by atoms with van der Waals surface area (Å²) in [5.74, 6) is -0.894. The van der Waals surface area contributed by atoms with E-state index < -0.39 is 11.5 Å². The second kappa shape index (κ2) is 3.51. The molecule has 1 N–H and O–H groups in total. The van der Waals surface area contributed by atoms with E-state index in [1.807, 2.05) is 6.92 Å². The van der Waals surface area contributed by atoms with Crippen LogP contribution in [0.3, 0.4) is 0 Å². The number of carboxylic acid groups (broad SMARTS) is 1. The Morgan fingerprint density at radius 3 is 2.69 bits per heavy atom. The van der Waals surface area contributed by atoms with Gasteiger partial charge in [0.05, 0.1) is 0 Å². The lowest BCUT2D eigenvalue weighted by Crippen LogP contribution is -2.48. The average molecular weight is 183 g/mol. The van der Waals surface area contributed by atoms with Crippen molar-refractivity contribution in [3.8, 4) is 0 Å². The van der Waals surface area contributed by atoms with Gasteiger partial charge in [0.2, 0.25) is 0 Å². The molecule has 0 saturated heterocycles. The van der Waals surface area contributed by atoms with E-state index in [1.165, 1.54) is 11.3 Å². The fourth-order valence-electron chi connectivity index (χ4n) is 0.991. The molecule has 72 valence electrons. The molecule has 1 aliphatic heterocycles. The van der Waals surface area contributed by atoms with Crippen molar-refractivity contribution in [3.63, 3.8) is 0 Å². The Kier molecular flexibility index (Phi) is 2.60. The first-order valence-electron chi connectivity index (χ1n) is 4.14. The van der Waals surface area contributed by atoms with Gasteiger partial charge in [-0.25, -0.2) is 9.86 Å². The smallest absolute Gasteiger partial charge is 0.332 e. The monoisotopic (exact) mass is 183 g/mol. The van der Waals surface area contributed by atoms with Crippen LogP contribution in [0.1, 0.15) is 20.3 Å². The minimum absolute atomic E-state index is 0.473. The Hall–Kier alpha value is -1.45. The van der Waals surface area contributed by atoms with Gasteiger partial charge < -0.3 is 9.94 Å². The van der Waals surface area contributed by atoms with Crippen molar-refractivity contribution in [1.29, 1.82) is 0 Å². The molecule has 0 saturated carbocycles. The Balaban J connectivity index is 2.83. The first-order valence-corrected chi connectivity index (χ1v) is 4.14. The maximum atomic E-state index is 11.0.